The molecule has 1 aliphatic heterocycles. The van der Waals surface area contributed by atoms with Crippen LogP contribution in [0.3, 0.4) is 0 Å². The van der Waals surface area contributed by atoms with Crippen molar-refractivity contribution in [1.82, 2.24) is 20.1 Å². The van der Waals surface area contributed by atoms with E-state index in [2.05, 4.69) is 41.2 Å². The highest BCUT2D eigenvalue weighted by Crippen LogP contribution is 2.26. The van der Waals surface area contributed by atoms with E-state index in [1.54, 1.807) is 4.90 Å². The number of amides is 1. The Labute approximate surface area is 158 Å². The number of ether oxygens (including phenoxy) is 1. The zero-order chi connectivity index (χ0) is 18.8. The molecule has 1 aromatic heterocycles. The van der Waals surface area contributed by atoms with Crippen LogP contribution in [0.15, 0.2) is 42.5 Å². The smallest absolute Gasteiger partial charge is 0.293 e. The quantitative estimate of drug-likeness (QED) is 0.715. The molecule has 138 valence electrons. The number of piperidine rings is 1. The Morgan fingerprint density at radius 3 is 2.33 bits per heavy atom. The maximum Gasteiger partial charge on any atom is 0.293 e. The van der Waals surface area contributed by atoms with Gasteiger partial charge in [0.05, 0.1) is 5.52 Å². The Bertz CT molecular complexity index is 961. The lowest BCUT2D eigenvalue weighted by Crippen LogP contribution is -2.42. The molecular weight excluding hydrogens is 340 g/mol. The molecule has 0 spiro atoms. The van der Waals surface area contributed by atoms with Gasteiger partial charge in [-0.25, -0.2) is 4.98 Å². The van der Waals surface area contributed by atoms with Crippen LogP contribution in [0.2, 0.25) is 0 Å². The van der Waals surface area contributed by atoms with Gasteiger partial charge in [0.15, 0.2) is 0 Å². The van der Waals surface area contributed by atoms with Crippen molar-refractivity contribution < 1.29 is 9.53 Å². The molecule has 6 heteroatoms. The molecule has 1 fully saturated rings. The lowest BCUT2D eigenvalue weighted by atomic mass is 10.1. The number of aryl methyl sites for hydroxylation is 2. The van der Waals surface area contributed by atoms with Crippen molar-refractivity contribution in [2.24, 2.45) is 0 Å². The van der Waals surface area contributed by atoms with Gasteiger partial charge in [-0.15, -0.1) is 10.2 Å². The van der Waals surface area contributed by atoms with Crippen molar-refractivity contribution in [2.45, 2.75) is 32.8 Å². The number of fused-ring (bicyclic) bond motifs is 1. The molecule has 27 heavy (non-hydrogen) atoms. The Balaban J connectivity index is 1.41. The molecule has 0 saturated carbocycles. The molecule has 1 aliphatic rings. The van der Waals surface area contributed by atoms with E-state index in [0.29, 0.717) is 24.1 Å². The topological polar surface area (TPSA) is 68.2 Å². The van der Waals surface area contributed by atoms with Crippen LogP contribution in [0.25, 0.3) is 11.0 Å². The number of para-hydroxylation sites is 2. The number of carbonyl (C=O) groups is 1. The summed E-state index contributed by atoms with van der Waals surface area (Å²) < 4.78 is 6.23. The van der Waals surface area contributed by atoms with Gasteiger partial charge in [-0.1, -0.05) is 30.3 Å². The summed E-state index contributed by atoms with van der Waals surface area (Å²) in [5, 5.41) is 8.11. The standard InChI is InChI=1S/C21H22N4O2/c1-14-6-5-7-15(2)19(14)27-16-10-12-25(13-11-16)21(26)20-22-17-8-3-4-9-18(17)23-24-20/h3-9,16H,10-13H2,1-2H3. The van der Waals surface area contributed by atoms with Crippen LogP contribution in [0, 0.1) is 13.8 Å². The van der Waals surface area contributed by atoms with E-state index in [-0.39, 0.29) is 17.8 Å². The molecule has 0 atom stereocenters. The summed E-state index contributed by atoms with van der Waals surface area (Å²) in [4.78, 5) is 18.9. The summed E-state index contributed by atoms with van der Waals surface area (Å²) in [6.45, 7) is 5.38. The van der Waals surface area contributed by atoms with Crippen LogP contribution >= 0.6 is 0 Å². The fraction of sp³-hybridized carbons (Fsp3) is 0.333. The first-order valence-electron chi connectivity index (χ1n) is 9.23. The summed E-state index contributed by atoms with van der Waals surface area (Å²) in [7, 11) is 0. The first-order valence-corrected chi connectivity index (χ1v) is 9.23. The molecule has 0 bridgehead atoms. The third kappa shape index (κ3) is 3.60. The predicted molar refractivity (Wildman–Crippen MR) is 103 cm³/mol. The minimum absolute atomic E-state index is 0.115. The summed E-state index contributed by atoms with van der Waals surface area (Å²) >= 11 is 0. The van der Waals surface area contributed by atoms with Crippen molar-refractivity contribution >= 4 is 16.9 Å². The number of rotatable bonds is 3. The SMILES string of the molecule is Cc1cccc(C)c1OC1CCN(C(=O)c2nnc3ccccc3n2)CC1. The number of benzene rings is 2. The maximum atomic E-state index is 12.7. The fourth-order valence-electron chi connectivity index (χ4n) is 3.44. The molecule has 0 unspecified atom stereocenters. The van der Waals surface area contributed by atoms with Crippen LogP contribution in [-0.2, 0) is 0 Å². The molecule has 1 amide bonds. The van der Waals surface area contributed by atoms with Gasteiger partial charge in [-0.2, -0.15) is 0 Å². The predicted octanol–water partition coefficient (Wildman–Crippen LogP) is 3.33. The maximum absolute atomic E-state index is 12.7. The van der Waals surface area contributed by atoms with Gasteiger partial charge in [0.1, 0.15) is 17.4 Å². The van der Waals surface area contributed by atoms with Crippen LogP contribution in [-0.4, -0.2) is 45.2 Å². The molecule has 1 saturated heterocycles. The van der Waals surface area contributed by atoms with Gasteiger partial charge in [-0.05, 0) is 37.1 Å². The van der Waals surface area contributed by atoms with E-state index in [1.165, 1.54) is 0 Å². The van der Waals surface area contributed by atoms with Gasteiger partial charge in [-0.3, -0.25) is 4.79 Å². The molecule has 2 heterocycles. The number of carbonyl (C=O) groups excluding carboxylic acids is 1. The molecule has 4 rings (SSSR count). The van der Waals surface area contributed by atoms with Crippen LogP contribution < -0.4 is 4.74 Å². The van der Waals surface area contributed by atoms with Crippen LogP contribution in [0.4, 0.5) is 0 Å². The monoisotopic (exact) mass is 362 g/mol. The highest BCUT2D eigenvalue weighted by Gasteiger charge is 2.27. The van der Waals surface area contributed by atoms with E-state index in [9.17, 15) is 4.79 Å². The third-order valence-corrected chi connectivity index (χ3v) is 4.97. The highest BCUT2D eigenvalue weighted by molar-refractivity contribution is 5.92. The third-order valence-electron chi connectivity index (χ3n) is 4.97. The van der Waals surface area contributed by atoms with Crippen molar-refractivity contribution in [3.63, 3.8) is 0 Å². The number of nitrogens with zero attached hydrogens (tertiary/aromatic N) is 4. The molecule has 0 radical (unpaired) electrons. The summed E-state index contributed by atoms with van der Waals surface area (Å²) in [5.41, 5.74) is 3.66. The Morgan fingerprint density at radius 1 is 0.963 bits per heavy atom. The lowest BCUT2D eigenvalue weighted by Gasteiger charge is -2.32. The van der Waals surface area contributed by atoms with E-state index in [1.807, 2.05) is 30.3 Å². The summed E-state index contributed by atoms with van der Waals surface area (Å²) in [6, 6.07) is 13.6. The number of hydrogen-bond donors (Lipinski definition) is 0. The second-order valence-corrected chi connectivity index (χ2v) is 6.95. The summed E-state index contributed by atoms with van der Waals surface area (Å²) in [5.74, 6) is 0.950. The number of likely N-dealkylation sites (tertiary alicyclic amines) is 1. The molecule has 0 aliphatic carbocycles. The van der Waals surface area contributed by atoms with Crippen molar-refractivity contribution in [2.75, 3.05) is 13.1 Å². The van der Waals surface area contributed by atoms with Gasteiger partial charge < -0.3 is 9.64 Å². The van der Waals surface area contributed by atoms with Crippen molar-refractivity contribution in [3.05, 3.63) is 59.4 Å². The minimum Gasteiger partial charge on any atom is -0.490 e. The molecule has 3 aromatic rings. The van der Waals surface area contributed by atoms with E-state index >= 15 is 0 Å². The molecular formula is C21H22N4O2. The van der Waals surface area contributed by atoms with E-state index in [0.717, 1.165) is 29.7 Å². The Kier molecular flexibility index (Phi) is 4.71. The van der Waals surface area contributed by atoms with Crippen LogP contribution in [0.5, 0.6) is 5.75 Å². The Morgan fingerprint density at radius 2 is 1.63 bits per heavy atom. The van der Waals surface area contributed by atoms with E-state index in [4.69, 9.17) is 4.74 Å². The van der Waals surface area contributed by atoms with Crippen LogP contribution in [0.1, 0.15) is 34.6 Å². The fourth-order valence-corrected chi connectivity index (χ4v) is 3.44. The second kappa shape index (κ2) is 7.31. The second-order valence-electron chi connectivity index (χ2n) is 6.95. The Hall–Kier alpha value is -3.02. The lowest BCUT2D eigenvalue weighted by molar-refractivity contribution is 0.0581. The minimum atomic E-state index is -0.168. The summed E-state index contributed by atoms with van der Waals surface area (Å²) in [6.07, 6.45) is 1.70. The first kappa shape index (κ1) is 17.4. The zero-order valence-corrected chi connectivity index (χ0v) is 15.6. The largest absolute Gasteiger partial charge is 0.490 e. The first-order chi connectivity index (χ1) is 13.1. The van der Waals surface area contributed by atoms with Crippen molar-refractivity contribution in [1.29, 1.82) is 0 Å². The average Bonchev–Trinajstić information content (AvgIpc) is 2.70. The zero-order valence-electron chi connectivity index (χ0n) is 15.6. The van der Waals surface area contributed by atoms with E-state index < -0.39 is 0 Å². The van der Waals surface area contributed by atoms with Gasteiger partial charge in [0.2, 0.25) is 5.82 Å². The highest BCUT2D eigenvalue weighted by atomic mass is 16.5. The number of aromatic nitrogens is 3. The normalized spacial score (nSPS) is 15.1. The molecule has 2 aromatic carbocycles. The van der Waals surface area contributed by atoms with Gasteiger partial charge >= 0.3 is 0 Å². The molecule has 6 nitrogen and oxygen atoms in total. The van der Waals surface area contributed by atoms with Crippen molar-refractivity contribution in [3.8, 4) is 5.75 Å². The number of hydrogen-bond acceptors (Lipinski definition) is 5. The van der Waals surface area contributed by atoms with Gasteiger partial charge in [0.25, 0.3) is 5.91 Å². The average molecular weight is 362 g/mol. The van der Waals surface area contributed by atoms with Gasteiger partial charge in [0, 0.05) is 25.9 Å². The molecule has 0 N–H and O–H groups in total.